The molecule has 0 spiro atoms. The molecule has 2 aromatic rings. The smallest absolute Gasteiger partial charge is 0.251 e. The first kappa shape index (κ1) is 18.9. The number of amides is 1. The van der Waals surface area contributed by atoms with Crippen LogP contribution in [-0.4, -0.2) is 36.2 Å². The zero-order valence-electron chi connectivity index (χ0n) is 16.1. The van der Waals surface area contributed by atoms with Gasteiger partial charge < -0.3 is 15.7 Å². The molecular formula is C24H28N2O2. The zero-order chi connectivity index (χ0) is 19.3. The minimum Gasteiger partial charge on any atom is -0.395 e. The topological polar surface area (TPSA) is 61.4 Å². The molecule has 1 amide bonds. The van der Waals surface area contributed by atoms with Gasteiger partial charge in [-0.25, -0.2) is 0 Å². The Balaban J connectivity index is 1.41. The van der Waals surface area contributed by atoms with E-state index in [0.717, 1.165) is 6.42 Å². The molecule has 2 aliphatic rings. The molecule has 1 heterocycles. The molecule has 4 rings (SSSR count). The molecule has 1 saturated heterocycles. The molecule has 1 aliphatic heterocycles. The lowest BCUT2D eigenvalue weighted by Gasteiger charge is -2.46. The summed E-state index contributed by atoms with van der Waals surface area (Å²) >= 11 is 0. The van der Waals surface area contributed by atoms with Crippen LogP contribution in [0.1, 0.15) is 53.1 Å². The maximum atomic E-state index is 12.3. The quantitative estimate of drug-likeness (QED) is 0.723. The average molecular weight is 377 g/mol. The van der Waals surface area contributed by atoms with Crippen molar-refractivity contribution in [3.8, 4) is 0 Å². The second kappa shape index (κ2) is 8.72. The SMILES string of the molecule is O=C(NC[C@@H]1N[C@@H](CO)[C@H]1c1ccc(C2=CCCCC2)cc1)c1ccccc1. The predicted octanol–water partition coefficient (Wildman–Crippen LogP) is 3.49. The van der Waals surface area contributed by atoms with Crippen LogP contribution in [0.25, 0.3) is 5.57 Å². The maximum absolute atomic E-state index is 12.3. The van der Waals surface area contributed by atoms with Gasteiger partial charge >= 0.3 is 0 Å². The largest absolute Gasteiger partial charge is 0.395 e. The van der Waals surface area contributed by atoms with Gasteiger partial charge in [0, 0.05) is 30.1 Å². The molecule has 3 N–H and O–H groups in total. The molecule has 0 saturated carbocycles. The Morgan fingerprint density at radius 2 is 1.82 bits per heavy atom. The average Bonchev–Trinajstić information content (AvgIpc) is 2.75. The van der Waals surface area contributed by atoms with E-state index in [0.29, 0.717) is 12.1 Å². The van der Waals surface area contributed by atoms with Gasteiger partial charge in [-0.3, -0.25) is 4.79 Å². The van der Waals surface area contributed by atoms with Crippen molar-refractivity contribution in [1.29, 1.82) is 0 Å². The van der Waals surface area contributed by atoms with E-state index < -0.39 is 0 Å². The molecule has 0 unspecified atom stereocenters. The molecule has 146 valence electrons. The Bertz CT molecular complexity index is 829. The van der Waals surface area contributed by atoms with Crippen LogP contribution in [0.5, 0.6) is 0 Å². The summed E-state index contributed by atoms with van der Waals surface area (Å²) in [6.45, 7) is 0.641. The van der Waals surface area contributed by atoms with Crippen molar-refractivity contribution in [3.05, 3.63) is 77.4 Å². The summed E-state index contributed by atoms with van der Waals surface area (Å²) < 4.78 is 0. The number of carbonyl (C=O) groups excluding carboxylic acids is 1. The van der Waals surface area contributed by atoms with Crippen molar-refractivity contribution < 1.29 is 9.90 Å². The molecule has 28 heavy (non-hydrogen) atoms. The molecule has 2 aromatic carbocycles. The summed E-state index contributed by atoms with van der Waals surface area (Å²) in [6.07, 6.45) is 7.28. The van der Waals surface area contributed by atoms with E-state index in [4.69, 9.17) is 0 Å². The molecule has 0 radical (unpaired) electrons. The van der Waals surface area contributed by atoms with Gasteiger partial charge in [0.2, 0.25) is 0 Å². The number of benzene rings is 2. The lowest BCUT2D eigenvalue weighted by atomic mass is 9.77. The van der Waals surface area contributed by atoms with E-state index in [1.807, 2.05) is 30.3 Å². The fourth-order valence-electron chi connectivity index (χ4n) is 4.37. The van der Waals surface area contributed by atoms with E-state index in [1.165, 1.54) is 36.0 Å². The minimum absolute atomic E-state index is 0.0402. The lowest BCUT2D eigenvalue weighted by Crippen LogP contribution is -2.64. The van der Waals surface area contributed by atoms with Crippen molar-refractivity contribution in [2.24, 2.45) is 0 Å². The minimum atomic E-state index is -0.0619. The van der Waals surface area contributed by atoms with Crippen LogP contribution in [-0.2, 0) is 0 Å². The first-order chi connectivity index (χ1) is 13.8. The number of hydrogen-bond acceptors (Lipinski definition) is 3. The number of aliphatic hydroxyl groups excluding tert-OH is 1. The van der Waals surface area contributed by atoms with Crippen LogP contribution in [0.4, 0.5) is 0 Å². The van der Waals surface area contributed by atoms with Gasteiger partial charge in [-0.1, -0.05) is 48.5 Å². The van der Waals surface area contributed by atoms with Gasteiger partial charge in [-0.2, -0.15) is 0 Å². The third kappa shape index (κ3) is 4.03. The Hall–Kier alpha value is -2.43. The second-order valence-corrected chi connectivity index (χ2v) is 7.76. The van der Waals surface area contributed by atoms with E-state index in [2.05, 4.69) is 41.0 Å². The number of nitrogens with one attached hydrogen (secondary N) is 2. The van der Waals surface area contributed by atoms with Gasteiger partial charge in [0.1, 0.15) is 0 Å². The summed E-state index contributed by atoms with van der Waals surface area (Å²) in [4.78, 5) is 12.3. The Kier molecular flexibility index (Phi) is 5.89. The van der Waals surface area contributed by atoms with Gasteiger partial charge in [0.15, 0.2) is 0 Å². The van der Waals surface area contributed by atoms with E-state index in [9.17, 15) is 9.90 Å². The zero-order valence-corrected chi connectivity index (χ0v) is 16.1. The highest BCUT2D eigenvalue weighted by molar-refractivity contribution is 5.94. The fourth-order valence-corrected chi connectivity index (χ4v) is 4.37. The number of carbonyl (C=O) groups is 1. The van der Waals surface area contributed by atoms with E-state index in [-0.39, 0.29) is 30.5 Å². The van der Waals surface area contributed by atoms with Crippen LogP contribution in [0.2, 0.25) is 0 Å². The Morgan fingerprint density at radius 3 is 2.50 bits per heavy atom. The van der Waals surface area contributed by atoms with Gasteiger partial charge in [-0.15, -0.1) is 0 Å². The molecular weight excluding hydrogens is 348 g/mol. The third-order valence-electron chi connectivity index (χ3n) is 5.97. The molecule has 1 fully saturated rings. The van der Waals surface area contributed by atoms with Crippen molar-refractivity contribution in [3.63, 3.8) is 0 Å². The van der Waals surface area contributed by atoms with Crippen LogP contribution in [0.3, 0.4) is 0 Å². The number of allylic oxidation sites excluding steroid dienone is 2. The normalized spacial score (nSPS) is 24.2. The lowest BCUT2D eigenvalue weighted by molar-refractivity contribution is 0.0910. The number of aliphatic hydroxyl groups is 1. The number of rotatable bonds is 6. The highest BCUT2D eigenvalue weighted by atomic mass is 16.3. The summed E-state index contributed by atoms with van der Waals surface area (Å²) in [5.74, 6) is 0.142. The standard InChI is InChI=1S/C24H28N2O2/c27-16-22-23(19-13-11-18(12-14-19)17-7-3-1-4-8-17)21(26-22)15-25-24(28)20-9-5-2-6-10-20/h2,5-7,9-14,21-23,26-27H,1,3-4,8,15-16H2,(H,25,28)/t21-,22-,23-/m0/s1. The van der Waals surface area contributed by atoms with E-state index >= 15 is 0 Å². The molecule has 0 bridgehead atoms. The highest BCUT2D eigenvalue weighted by Gasteiger charge is 2.40. The third-order valence-corrected chi connectivity index (χ3v) is 5.97. The van der Waals surface area contributed by atoms with Crippen molar-refractivity contribution >= 4 is 11.5 Å². The molecule has 4 heteroatoms. The van der Waals surface area contributed by atoms with Crippen molar-refractivity contribution in [2.45, 2.75) is 43.7 Å². The monoisotopic (exact) mass is 376 g/mol. The maximum Gasteiger partial charge on any atom is 0.251 e. The van der Waals surface area contributed by atoms with E-state index in [1.54, 1.807) is 0 Å². The fraction of sp³-hybridized carbons (Fsp3) is 0.375. The molecule has 4 nitrogen and oxygen atoms in total. The molecule has 3 atom stereocenters. The Labute approximate surface area is 166 Å². The molecule has 0 aromatic heterocycles. The number of hydrogen-bond donors (Lipinski definition) is 3. The highest BCUT2D eigenvalue weighted by Crippen LogP contribution is 2.33. The summed E-state index contributed by atoms with van der Waals surface area (Å²) in [5.41, 5.74) is 4.65. The second-order valence-electron chi connectivity index (χ2n) is 7.76. The summed E-state index contributed by atoms with van der Waals surface area (Å²) in [5, 5.41) is 16.1. The van der Waals surface area contributed by atoms with Crippen molar-refractivity contribution in [1.82, 2.24) is 10.6 Å². The summed E-state index contributed by atoms with van der Waals surface area (Å²) in [6, 6.07) is 18.2. The first-order valence-electron chi connectivity index (χ1n) is 10.3. The van der Waals surface area contributed by atoms with Crippen LogP contribution in [0, 0.1) is 0 Å². The van der Waals surface area contributed by atoms with Gasteiger partial charge in [0.05, 0.1) is 6.61 Å². The van der Waals surface area contributed by atoms with Gasteiger partial charge in [0.25, 0.3) is 5.91 Å². The van der Waals surface area contributed by atoms with Crippen LogP contribution < -0.4 is 10.6 Å². The van der Waals surface area contributed by atoms with Crippen LogP contribution in [0.15, 0.2) is 60.7 Å². The molecule has 1 aliphatic carbocycles. The van der Waals surface area contributed by atoms with Gasteiger partial charge in [-0.05, 0) is 54.5 Å². The van der Waals surface area contributed by atoms with Crippen LogP contribution >= 0.6 is 0 Å². The van der Waals surface area contributed by atoms with Crippen molar-refractivity contribution in [2.75, 3.05) is 13.2 Å². The Morgan fingerprint density at radius 1 is 1.04 bits per heavy atom. The first-order valence-corrected chi connectivity index (χ1v) is 10.3. The summed E-state index contributed by atoms with van der Waals surface area (Å²) in [7, 11) is 0. The predicted molar refractivity (Wildman–Crippen MR) is 112 cm³/mol.